The number of carbonyl (C=O) groups is 1. The normalized spacial score (nSPS) is 30.7. The van der Waals surface area contributed by atoms with Crippen molar-refractivity contribution in [3.05, 3.63) is 0 Å². The van der Waals surface area contributed by atoms with Gasteiger partial charge in [-0.1, -0.05) is 104 Å². The Labute approximate surface area is 298 Å². The molecule has 0 bridgehead atoms. The molecule has 2 fully saturated rings. The minimum absolute atomic E-state index is 0.0612. The van der Waals surface area contributed by atoms with Crippen LogP contribution in [0.3, 0.4) is 0 Å². The maximum atomic E-state index is 12.3. The van der Waals surface area contributed by atoms with E-state index < -0.39 is 86.7 Å². The second-order valence-electron chi connectivity index (χ2n) is 13.8. The van der Waals surface area contributed by atoms with Crippen LogP contribution < -0.4 is 0 Å². The Kier molecular flexibility index (Phi) is 24.1. The highest BCUT2D eigenvalue weighted by atomic mass is 16.7. The van der Waals surface area contributed by atoms with E-state index in [1.807, 2.05) is 6.92 Å². The SMILES string of the molecule is CCCCCCCCCCCCCCCCCOCC(COC1OC(COC2OC(CO)C(O)C(O)C2O)C(O)C(O)C1O)OC(=O)CCC. The Bertz CT molecular complexity index is 850. The van der Waals surface area contributed by atoms with Crippen LogP contribution in [0.5, 0.6) is 0 Å². The molecule has 0 spiro atoms. The largest absolute Gasteiger partial charge is 0.457 e. The van der Waals surface area contributed by atoms with E-state index >= 15 is 0 Å². The topological polar surface area (TPSA) is 214 Å². The van der Waals surface area contributed by atoms with E-state index in [4.69, 9.17) is 28.4 Å². The highest BCUT2D eigenvalue weighted by Gasteiger charge is 2.47. The summed E-state index contributed by atoms with van der Waals surface area (Å²) in [5.74, 6) is -0.428. The minimum atomic E-state index is -1.69. The number of carbonyl (C=O) groups excluding carboxylic acids is 1. The quantitative estimate of drug-likeness (QED) is 0.0456. The second kappa shape index (κ2) is 26.7. The van der Waals surface area contributed by atoms with Crippen LogP contribution in [-0.4, -0.2) is 142 Å². The lowest BCUT2D eigenvalue weighted by atomic mass is 9.98. The van der Waals surface area contributed by atoms with Crippen LogP contribution in [0.1, 0.15) is 123 Å². The molecule has 11 atom stereocenters. The predicted molar refractivity (Wildman–Crippen MR) is 183 cm³/mol. The number of hydrogen-bond acceptors (Lipinski definition) is 14. The smallest absolute Gasteiger partial charge is 0.306 e. The number of ether oxygens (including phenoxy) is 6. The lowest BCUT2D eigenvalue weighted by Gasteiger charge is -2.42. The maximum absolute atomic E-state index is 12.3. The van der Waals surface area contributed by atoms with Crippen molar-refractivity contribution in [3.8, 4) is 0 Å². The van der Waals surface area contributed by atoms with Crippen LogP contribution in [0.4, 0.5) is 0 Å². The van der Waals surface area contributed by atoms with E-state index in [-0.39, 0.29) is 19.6 Å². The summed E-state index contributed by atoms with van der Waals surface area (Å²) in [4.78, 5) is 12.3. The number of aliphatic hydroxyl groups is 7. The van der Waals surface area contributed by atoms with Gasteiger partial charge in [-0.25, -0.2) is 0 Å². The zero-order chi connectivity index (χ0) is 36.7. The van der Waals surface area contributed by atoms with Gasteiger partial charge in [0.1, 0.15) is 54.9 Å². The first kappa shape index (κ1) is 45.1. The summed E-state index contributed by atoms with van der Waals surface area (Å²) < 4.78 is 33.5. The van der Waals surface area contributed by atoms with Crippen molar-refractivity contribution in [3.63, 3.8) is 0 Å². The van der Waals surface area contributed by atoms with Crippen LogP contribution in [-0.2, 0) is 33.2 Å². The third-order valence-corrected chi connectivity index (χ3v) is 9.34. The molecule has 0 amide bonds. The van der Waals surface area contributed by atoms with Gasteiger partial charge in [-0.2, -0.15) is 0 Å². The summed E-state index contributed by atoms with van der Waals surface area (Å²) in [6.07, 6.45) is 3.68. The highest BCUT2D eigenvalue weighted by Crippen LogP contribution is 2.26. The average molecular weight is 725 g/mol. The average Bonchev–Trinajstić information content (AvgIpc) is 3.10. The van der Waals surface area contributed by atoms with Gasteiger partial charge in [0.25, 0.3) is 0 Å². The Hall–Kier alpha value is -1.01. The Morgan fingerprint density at radius 1 is 0.580 bits per heavy atom. The van der Waals surface area contributed by atoms with Crippen molar-refractivity contribution < 1.29 is 69.0 Å². The lowest BCUT2D eigenvalue weighted by molar-refractivity contribution is -0.332. The molecule has 2 aliphatic heterocycles. The molecule has 0 saturated carbocycles. The number of aliphatic hydroxyl groups excluding tert-OH is 7. The van der Waals surface area contributed by atoms with Crippen LogP contribution in [0, 0.1) is 0 Å². The predicted octanol–water partition coefficient (Wildman–Crippen LogP) is 2.23. The molecule has 50 heavy (non-hydrogen) atoms. The van der Waals surface area contributed by atoms with Gasteiger partial charge in [0.05, 0.1) is 26.4 Å². The zero-order valence-corrected chi connectivity index (χ0v) is 30.4. The Balaban J connectivity index is 1.70. The molecule has 0 aromatic rings. The van der Waals surface area contributed by atoms with Gasteiger partial charge in [-0.3, -0.25) is 4.79 Å². The molecule has 0 aromatic carbocycles. The standard InChI is InChI=1S/C36H68O14/c1-3-5-6-7-8-9-10-11-12-13-14-15-16-17-18-20-45-22-25(48-28(38)19-4-2)23-46-35-34(44)32(42)30(40)27(50-35)24-47-36-33(43)31(41)29(39)26(21-37)49-36/h25-27,29-37,39-44H,3-24H2,1-2H3. The van der Waals surface area contributed by atoms with Gasteiger partial charge in [-0.05, 0) is 12.8 Å². The maximum Gasteiger partial charge on any atom is 0.306 e. The second-order valence-corrected chi connectivity index (χ2v) is 13.8. The van der Waals surface area contributed by atoms with Gasteiger partial charge in [-0.15, -0.1) is 0 Å². The highest BCUT2D eigenvalue weighted by molar-refractivity contribution is 5.69. The van der Waals surface area contributed by atoms with E-state index in [2.05, 4.69) is 6.92 Å². The fourth-order valence-corrected chi connectivity index (χ4v) is 6.14. The van der Waals surface area contributed by atoms with Crippen molar-refractivity contribution >= 4 is 5.97 Å². The van der Waals surface area contributed by atoms with Crippen molar-refractivity contribution in [1.29, 1.82) is 0 Å². The summed E-state index contributed by atoms with van der Waals surface area (Å²) >= 11 is 0. The van der Waals surface area contributed by atoms with Crippen molar-refractivity contribution in [2.45, 2.75) is 191 Å². The fraction of sp³-hybridized carbons (Fsp3) is 0.972. The summed E-state index contributed by atoms with van der Waals surface area (Å²) in [5, 5.41) is 71.1. The van der Waals surface area contributed by atoms with Crippen molar-refractivity contribution in [2.24, 2.45) is 0 Å². The van der Waals surface area contributed by atoms with Gasteiger partial charge < -0.3 is 64.2 Å². The Morgan fingerprint density at radius 2 is 1.06 bits per heavy atom. The Morgan fingerprint density at radius 3 is 1.58 bits per heavy atom. The molecular formula is C36H68O14. The van der Waals surface area contributed by atoms with Crippen molar-refractivity contribution in [2.75, 3.05) is 33.0 Å². The number of unbranched alkanes of at least 4 members (excludes halogenated alkanes) is 14. The summed E-state index contributed by atoms with van der Waals surface area (Å²) in [6, 6.07) is 0. The molecular weight excluding hydrogens is 656 g/mol. The third-order valence-electron chi connectivity index (χ3n) is 9.34. The van der Waals surface area contributed by atoms with Gasteiger partial charge in [0, 0.05) is 13.0 Å². The molecule has 14 nitrogen and oxygen atoms in total. The first-order chi connectivity index (χ1) is 24.1. The third kappa shape index (κ3) is 16.8. The van der Waals surface area contributed by atoms with Gasteiger partial charge >= 0.3 is 5.97 Å². The summed E-state index contributed by atoms with van der Waals surface area (Å²) in [5.41, 5.74) is 0. The number of esters is 1. The summed E-state index contributed by atoms with van der Waals surface area (Å²) in [6.45, 7) is 3.30. The molecule has 2 rings (SSSR count). The lowest BCUT2D eigenvalue weighted by Crippen LogP contribution is -2.61. The zero-order valence-electron chi connectivity index (χ0n) is 30.4. The van der Waals surface area contributed by atoms with Crippen LogP contribution in [0.25, 0.3) is 0 Å². The monoisotopic (exact) mass is 724 g/mol. The van der Waals surface area contributed by atoms with E-state index in [1.165, 1.54) is 77.0 Å². The molecule has 0 aliphatic carbocycles. The van der Waals surface area contributed by atoms with Crippen LogP contribution >= 0.6 is 0 Å². The molecule has 11 unspecified atom stereocenters. The fourth-order valence-electron chi connectivity index (χ4n) is 6.14. The molecule has 2 heterocycles. The first-order valence-electron chi connectivity index (χ1n) is 19.1. The van der Waals surface area contributed by atoms with E-state index in [9.17, 15) is 40.5 Å². The number of hydrogen-bond donors (Lipinski definition) is 7. The van der Waals surface area contributed by atoms with E-state index in [0.717, 1.165) is 19.3 Å². The molecule has 2 aliphatic rings. The van der Waals surface area contributed by atoms with Crippen LogP contribution in [0.15, 0.2) is 0 Å². The molecule has 14 heteroatoms. The molecule has 2 saturated heterocycles. The summed E-state index contributed by atoms with van der Waals surface area (Å²) in [7, 11) is 0. The van der Waals surface area contributed by atoms with E-state index in [1.54, 1.807) is 0 Å². The minimum Gasteiger partial charge on any atom is -0.457 e. The van der Waals surface area contributed by atoms with Crippen molar-refractivity contribution in [1.82, 2.24) is 0 Å². The molecule has 0 aromatic heterocycles. The van der Waals surface area contributed by atoms with E-state index in [0.29, 0.717) is 13.0 Å². The first-order valence-corrected chi connectivity index (χ1v) is 19.1. The van der Waals surface area contributed by atoms with Crippen LogP contribution in [0.2, 0.25) is 0 Å². The number of rotatable bonds is 28. The van der Waals surface area contributed by atoms with Gasteiger partial charge in [0.2, 0.25) is 0 Å². The molecule has 0 radical (unpaired) electrons. The molecule has 296 valence electrons. The van der Waals surface area contributed by atoms with Gasteiger partial charge in [0.15, 0.2) is 12.6 Å². The molecule has 7 N–H and O–H groups in total.